The van der Waals surface area contributed by atoms with Gasteiger partial charge in [0, 0.05) is 60.9 Å². The number of carbonyl (C=O) groups is 2. The summed E-state index contributed by atoms with van der Waals surface area (Å²) in [4.78, 5) is 40.4. The minimum absolute atomic E-state index is 0.0284. The third-order valence-corrected chi connectivity index (χ3v) is 7.27. The molecule has 0 unspecified atom stereocenters. The van der Waals surface area contributed by atoms with Crippen molar-refractivity contribution in [3.05, 3.63) is 79.0 Å². The molecule has 3 aromatic heterocycles. The van der Waals surface area contributed by atoms with Gasteiger partial charge in [0.2, 0.25) is 17.8 Å². The molecule has 1 aromatic carbocycles. The number of nitrogens with one attached hydrogen (secondary N) is 3. The molecule has 2 amide bonds. The lowest BCUT2D eigenvalue weighted by Crippen LogP contribution is -2.59. The number of amides is 2. The number of aromatic amines is 1. The van der Waals surface area contributed by atoms with Gasteiger partial charge in [-0.15, -0.1) is 0 Å². The second-order valence-electron chi connectivity index (χ2n) is 10.1. The zero-order chi connectivity index (χ0) is 28.3. The topological polar surface area (TPSA) is 115 Å². The second-order valence-corrected chi connectivity index (χ2v) is 10.1. The monoisotopic (exact) mass is 555 g/mol. The molecule has 41 heavy (non-hydrogen) atoms. The fourth-order valence-electron chi connectivity index (χ4n) is 5.17. The van der Waals surface area contributed by atoms with Crippen LogP contribution < -0.4 is 20.4 Å². The molecule has 0 aliphatic carbocycles. The van der Waals surface area contributed by atoms with E-state index in [4.69, 9.17) is 4.74 Å². The number of aromatic nitrogens is 3. The molecule has 3 N–H and O–H groups in total. The van der Waals surface area contributed by atoms with Crippen molar-refractivity contribution in [2.24, 2.45) is 0 Å². The normalized spacial score (nSPS) is 15.4. The van der Waals surface area contributed by atoms with Crippen molar-refractivity contribution in [1.29, 1.82) is 0 Å². The van der Waals surface area contributed by atoms with Gasteiger partial charge in [0.25, 0.3) is 0 Å². The highest BCUT2D eigenvalue weighted by Gasteiger charge is 2.28. The minimum atomic E-state index is -0.654. The van der Waals surface area contributed by atoms with Crippen LogP contribution >= 0.6 is 0 Å². The average molecular weight is 556 g/mol. The number of hydrogen-bond donors (Lipinski definition) is 3. The first-order valence-electron chi connectivity index (χ1n) is 13.5. The van der Waals surface area contributed by atoms with Gasteiger partial charge in [-0.25, -0.2) is 9.97 Å². The number of carbonyl (C=O) groups excluding carboxylic acids is 2. The summed E-state index contributed by atoms with van der Waals surface area (Å²) in [6, 6.07) is 14.6. The number of halogens is 1. The van der Waals surface area contributed by atoms with Crippen LogP contribution in [0.2, 0.25) is 0 Å². The first-order chi connectivity index (χ1) is 19.9. The molecule has 0 radical (unpaired) electrons. The van der Waals surface area contributed by atoms with Gasteiger partial charge in [0.1, 0.15) is 5.82 Å². The molecule has 6 rings (SSSR count). The number of H-pyrrole nitrogens is 1. The lowest BCUT2D eigenvalue weighted by molar-refractivity contribution is -0.117. The first kappa shape index (κ1) is 26.5. The average Bonchev–Trinajstić information content (AvgIpc) is 3.39. The minimum Gasteiger partial charge on any atom is -0.378 e. The van der Waals surface area contributed by atoms with E-state index in [1.807, 2.05) is 41.4 Å². The number of nitrogens with zero attached hydrogens (tertiary/aromatic N) is 4. The molecule has 0 saturated carbocycles. The van der Waals surface area contributed by atoms with Gasteiger partial charge < -0.3 is 30.2 Å². The molecule has 210 valence electrons. The molecular weight excluding hydrogens is 525 g/mol. The lowest BCUT2D eigenvalue weighted by atomic mass is 10.1. The standard InChI is InChI=1S/C30H30FN7O3/c1-2-28(39)35-22-17-38(18-22)23-13-21(33-27(31)15-23)14-29(40)34-20-5-3-19(4-6-20)26-16-24-25(36-26)7-8-32-30(24)37-9-11-41-12-10-37/h2-8,13,15-16,22,36H,1,9-12,14,17-18H2,(H,34,40)(H,35,39). The largest absolute Gasteiger partial charge is 0.378 e. The number of fused-ring (bicyclic) bond motifs is 1. The van der Waals surface area contributed by atoms with Crippen molar-refractivity contribution in [3.63, 3.8) is 0 Å². The number of benzene rings is 1. The Kier molecular flexibility index (Phi) is 7.34. The van der Waals surface area contributed by atoms with E-state index >= 15 is 0 Å². The van der Waals surface area contributed by atoms with Crippen LogP contribution in [-0.2, 0) is 20.7 Å². The van der Waals surface area contributed by atoms with E-state index in [-0.39, 0.29) is 24.3 Å². The van der Waals surface area contributed by atoms with E-state index in [0.717, 1.165) is 41.1 Å². The number of morpholine rings is 1. The van der Waals surface area contributed by atoms with Crippen molar-refractivity contribution in [1.82, 2.24) is 20.3 Å². The van der Waals surface area contributed by atoms with Gasteiger partial charge in [0.05, 0.1) is 36.9 Å². The van der Waals surface area contributed by atoms with Crippen LogP contribution in [0.15, 0.2) is 67.4 Å². The molecule has 2 fully saturated rings. The van der Waals surface area contributed by atoms with Gasteiger partial charge >= 0.3 is 0 Å². The fourth-order valence-corrected chi connectivity index (χ4v) is 5.17. The van der Waals surface area contributed by atoms with Crippen molar-refractivity contribution in [3.8, 4) is 11.3 Å². The van der Waals surface area contributed by atoms with Crippen molar-refractivity contribution in [2.75, 3.05) is 54.5 Å². The zero-order valence-electron chi connectivity index (χ0n) is 22.4. The fraction of sp³-hybridized carbons (Fsp3) is 0.267. The Morgan fingerprint density at radius 2 is 1.88 bits per heavy atom. The third kappa shape index (κ3) is 5.90. The summed E-state index contributed by atoms with van der Waals surface area (Å²) in [6.45, 7) is 7.53. The molecule has 2 aliphatic rings. The number of anilines is 3. The van der Waals surface area contributed by atoms with Gasteiger partial charge in [-0.05, 0) is 42.0 Å². The molecule has 0 spiro atoms. The summed E-state index contributed by atoms with van der Waals surface area (Å²) < 4.78 is 19.7. The molecule has 2 aliphatic heterocycles. The maximum atomic E-state index is 14.2. The van der Waals surface area contributed by atoms with Gasteiger partial charge in [-0.2, -0.15) is 4.39 Å². The predicted molar refractivity (Wildman–Crippen MR) is 155 cm³/mol. The van der Waals surface area contributed by atoms with Crippen LogP contribution in [0.25, 0.3) is 22.2 Å². The third-order valence-electron chi connectivity index (χ3n) is 7.27. The quantitative estimate of drug-likeness (QED) is 0.226. The summed E-state index contributed by atoms with van der Waals surface area (Å²) >= 11 is 0. The highest BCUT2D eigenvalue weighted by Crippen LogP contribution is 2.31. The molecule has 2 saturated heterocycles. The van der Waals surface area contributed by atoms with Gasteiger partial charge in [-0.1, -0.05) is 18.7 Å². The van der Waals surface area contributed by atoms with Crippen LogP contribution in [0.1, 0.15) is 5.69 Å². The van der Waals surface area contributed by atoms with E-state index in [1.54, 1.807) is 6.07 Å². The van der Waals surface area contributed by atoms with Crippen LogP contribution in [0.5, 0.6) is 0 Å². The van der Waals surface area contributed by atoms with E-state index in [9.17, 15) is 14.0 Å². The summed E-state index contributed by atoms with van der Waals surface area (Å²) in [6.07, 6.45) is 2.96. The molecule has 5 heterocycles. The highest BCUT2D eigenvalue weighted by molar-refractivity contribution is 5.95. The lowest BCUT2D eigenvalue weighted by Gasteiger charge is -2.41. The van der Waals surface area contributed by atoms with E-state index in [1.165, 1.54) is 12.1 Å². The van der Waals surface area contributed by atoms with Crippen LogP contribution in [0.3, 0.4) is 0 Å². The second kappa shape index (κ2) is 11.4. The SMILES string of the molecule is C=CC(=O)NC1CN(c2cc(F)nc(CC(=O)Nc3ccc(-c4cc5c(N6CCOCC6)nccc5[nH]4)cc3)c2)C1. The molecule has 4 aromatic rings. The Balaban J connectivity index is 1.09. The number of hydrogen-bond acceptors (Lipinski definition) is 7. The zero-order valence-corrected chi connectivity index (χ0v) is 22.4. The summed E-state index contributed by atoms with van der Waals surface area (Å²) in [7, 11) is 0. The number of pyridine rings is 2. The van der Waals surface area contributed by atoms with E-state index in [2.05, 4.69) is 43.1 Å². The van der Waals surface area contributed by atoms with Crippen LogP contribution in [0, 0.1) is 5.95 Å². The van der Waals surface area contributed by atoms with Crippen molar-refractivity contribution in [2.45, 2.75) is 12.5 Å². The molecular formula is C30H30FN7O3. The first-order valence-corrected chi connectivity index (χ1v) is 13.5. The summed E-state index contributed by atoms with van der Waals surface area (Å²) in [5, 5.41) is 6.73. The Morgan fingerprint density at radius 3 is 2.63 bits per heavy atom. The molecule has 0 atom stereocenters. The van der Waals surface area contributed by atoms with Gasteiger partial charge in [-0.3, -0.25) is 9.59 Å². The number of rotatable bonds is 8. The van der Waals surface area contributed by atoms with Gasteiger partial charge in [0.15, 0.2) is 0 Å². The molecule has 0 bridgehead atoms. The Morgan fingerprint density at radius 1 is 1.10 bits per heavy atom. The van der Waals surface area contributed by atoms with E-state index < -0.39 is 5.95 Å². The molecule has 10 nitrogen and oxygen atoms in total. The Labute approximate surface area is 236 Å². The van der Waals surface area contributed by atoms with Crippen LogP contribution in [0.4, 0.5) is 21.6 Å². The summed E-state index contributed by atoms with van der Waals surface area (Å²) in [5.74, 6) is -0.246. The maximum absolute atomic E-state index is 14.2. The van der Waals surface area contributed by atoms with Crippen LogP contribution in [-0.4, -0.2) is 72.2 Å². The highest BCUT2D eigenvalue weighted by atomic mass is 19.1. The Hall–Kier alpha value is -4.77. The van der Waals surface area contributed by atoms with Crippen molar-refractivity contribution >= 4 is 39.9 Å². The van der Waals surface area contributed by atoms with Crippen molar-refractivity contribution < 1.29 is 18.7 Å². The van der Waals surface area contributed by atoms with E-state index in [0.29, 0.717) is 43.4 Å². The Bertz CT molecular complexity index is 1590. The molecule has 11 heteroatoms. The predicted octanol–water partition coefficient (Wildman–Crippen LogP) is 3.27. The summed E-state index contributed by atoms with van der Waals surface area (Å²) in [5.41, 5.74) is 4.51. The maximum Gasteiger partial charge on any atom is 0.243 e. The smallest absolute Gasteiger partial charge is 0.243 e. The number of ether oxygens (including phenoxy) is 1.